The SMILES string of the molecule is CCCCCCCCCOc1ccc(Br)c(C)c1. The van der Waals surface area contributed by atoms with Gasteiger partial charge in [-0.15, -0.1) is 0 Å². The van der Waals surface area contributed by atoms with Crippen molar-refractivity contribution in [3.63, 3.8) is 0 Å². The minimum atomic E-state index is 0.842. The van der Waals surface area contributed by atoms with Gasteiger partial charge in [0.05, 0.1) is 6.61 Å². The molecular formula is C16H25BrO. The van der Waals surface area contributed by atoms with Crippen LogP contribution in [0.2, 0.25) is 0 Å². The Kier molecular flexibility index (Phi) is 8.15. The summed E-state index contributed by atoms with van der Waals surface area (Å²) in [4.78, 5) is 0. The van der Waals surface area contributed by atoms with Gasteiger partial charge in [-0.3, -0.25) is 0 Å². The van der Waals surface area contributed by atoms with Crippen molar-refractivity contribution in [2.75, 3.05) is 6.61 Å². The van der Waals surface area contributed by atoms with Crippen molar-refractivity contribution >= 4 is 15.9 Å². The second-order valence-electron chi connectivity index (χ2n) is 4.88. The number of halogens is 1. The molecule has 0 bridgehead atoms. The summed E-state index contributed by atoms with van der Waals surface area (Å²) in [7, 11) is 0. The highest BCUT2D eigenvalue weighted by Crippen LogP contribution is 2.21. The van der Waals surface area contributed by atoms with Gasteiger partial charge in [-0.25, -0.2) is 0 Å². The fourth-order valence-corrected chi connectivity index (χ4v) is 2.20. The third-order valence-corrected chi connectivity index (χ3v) is 4.04. The standard InChI is InChI=1S/C16H25BrO/c1-3-4-5-6-7-8-9-12-18-15-10-11-16(17)14(2)13-15/h10-11,13H,3-9,12H2,1-2H3. The van der Waals surface area contributed by atoms with Crippen molar-refractivity contribution in [2.24, 2.45) is 0 Å². The topological polar surface area (TPSA) is 9.23 Å². The molecule has 0 spiro atoms. The van der Waals surface area contributed by atoms with E-state index < -0.39 is 0 Å². The average Bonchev–Trinajstić information content (AvgIpc) is 2.37. The van der Waals surface area contributed by atoms with Gasteiger partial charge in [0.25, 0.3) is 0 Å². The summed E-state index contributed by atoms with van der Waals surface area (Å²) >= 11 is 3.50. The monoisotopic (exact) mass is 312 g/mol. The largest absolute Gasteiger partial charge is 0.494 e. The third-order valence-electron chi connectivity index (χ3n) is 3.15. The van der Waals surface area contributed by atoms with E-state index in [4.69, 9.17) is 4.74 Å². The molecule has 0 saturated carbocycles. The van der Waals surface area contributed by atoms with Gasteiger partial charge in [-0.1, -0.05) is 61.4 Å². The number of hydrogen-bond acceptors (Lipinski definition) is 1. The molecule has 1 aromatic carbocycles. The maximum Gasteiger partial charge on any atom is 0.119 e. The Balaban J connectivity index is 2.05. The minimum absolute atomic E-state index is 0.842. The van der Waals surface area contributed by atoms with Crippen molar-refractivity contribution in [3.05, 3.63) is 28.2 Å². The molecule has 0 unspecified atom stereocenters. The van der Waals surface area contributed by atoms with E-state index in [-0.39, 0.29) is 0 Å². The Morgan fingerprint density at radius 2 is 1.67 bits per heavy atom. The molecule has 102 valence electrons. The maximum atomic E-state index is 5.75. The van der Waals surface area contributed by atoms with E-state index in [9.17, 15) is 0 Å². The molecule has 0 heterocycles. The van der Waals surface area contributed by atoms with Gasteiger partial charge < -0.3 is 4.74 Å². The normalized spacial score (nSPS) is 10.6. The second kappa shape index (κ2) is 9.43. The highest BCUT2D eigenvalue weighted by atomic mass is 79.9. The van der Waals surface area contributed by atoms with Gasteiger partial charge in [-0.05, 0) is 37.1 Å². The molecule has 0 N–H and O–H groups in total. The minimum Gasteiger partial charge on any atom is -0.494 e. The summed E-state index contributed by atoms with van der Waals surface area (Å²) in [6.07, 6.45) is 9.29. The Hall–Kier alpha value is -0.500. The Bertz CT molecular complexity index is 336. The van der Waals surface area contributed by atoms with Crippen molar-refractivity contribution in [1.82, 2.24) is 0 Å². The summed E-state index contributed by atoms with van der Waals surface area (Å²) in [5, 5.41) is 0. The van der Waals surface area contributed by atoms with E-state index in [0.29, 0.717) is 0 Å². The average molecular weight is 313 g/mol. The predicted molar refractivity (Wildman–Crippen MR) is 82.4 cm³/mol. The lowest BCUT2D eigenvalue weighted by Crippen LogP contribution is -1.97. The molecule has 0 aromatic heterocycles. The number of unbranched alkanes of at least 4 members (excludes halogenated alkanes) is 6. The summed E-state index contributed by atoms with van der Waals surface area (Å²) in [6.45, 7) is 5.19. The molecule has 0 aliphatic carbocycles. The summed E-state index contributed by atoms with van der Waals surface area (Å²) in [6, 6.07) is 6.17. The van der Waals surface area contributed by atoms with Crippen LogP contribution in [0.5, 0.6) is 5.75 Å². The van der Waals surface area contributed by atoms with Crippen LogP contribution in [0.25, 0.3) is 0 Å². The first-order valence-electron chi connectivity index (χ1n) is 7.13. The van der Waals surface area contributed by atoms with Crippen LogP contribution in [-0.4, -0.2) is 6.61 Å². The molecular weight excluding hydrogens is 288 g/mol. The molecule has 0 atom stereocenters. The molecule has 0 fully saturated rings. The quantitative estimate of drug-likeness (QED) is 0.517. The van der Waals surface area contributed by atoms with E-state index in [1.165, 1.54) is 50.5 Å². The second-order valence-corrected chi connectivity index (χ2v) is 5.74. The number of benzene rings is 1. The lowest BCUT2D eigenvalue weighted by atomic mass is 10.1. The summed E-state index contributed by atoms with van der Waals surface area (Å²) < 4.78 is 6.89. The van der Waals surface area contributed by atoms with Crippen LogP contribution >= 0.6 is 15.9 Å². The highest BCUT2D eigenvalue weighted by Gasteiger charge is 1.98. The van der Waals surface area contributed by atoms with Crippen molar-refractivity contribution in [3.8, 4) is 5.75 Å². The van der Waals surface area contributed by atoms with E-state index >= 15 is 0 Å². The number of hydrogen-bond donors (Lipinski definition) is 0. The molecule has 1 rings (SSSR count). The zero-order valence-electron chi connectivity index (χ0n) is 11.7. The number of ether oxygens (including phenoxy) is 1. The zero-order chi connectivity index (χ0) is 13.2. The van der Waals surface area contributed by atoms with Crippen LogP contribution in [0.1, 0.15) is 57.4 Å². The van der Waals surface area contributed by atoms with Gasteiger partial charge in [0.1, 0.15) is 5.75 Å². The number of rotatable bonds is 9. The van der Waals surface area contributed by atoms with Crippen LogP contribution in [0.15, 0.2) is 22.7 Å². The molecule has 0 saturated heterocycles. The molecule has 2 heteroatoms. The van der Waals surface area contributed by atoms with Crippen LogP contribution in [0.3, 0.4) is 0 Å². The van der Waals surface area contributed by atoms with Gasteiger partial charge in [0.2, 0.25) is 0 Å². The fraction of sp³-hybridized carbons (Fsp3) is 0.625. The van der Waals surface area contributed by atoms with E-state index in [2.05, 4.69) is 41.9 Å². The number of aryl methyl sites for hydroxylation is 1. The first-order valence-corrected chi connectivity index (χ1v) is 7.92. The van der Waals surface area contributed by atoms with Crippen molar-refractivity contribution in [1.29, 1.82) is 0 Å². The zero-order valence-corrected chi connectivity index (χ0v) is 13.3. The Morgan fingerprint density at radius 3 is 2.33 bits per heavy atom. The molecule has 1 nitrogen and oxygen atoms in total. The predicted octanol–water partition coefficient (Wildman–Crippen LogP) is 5.89. The van der Waals surface area contributed by atoms with E-state index in [1.54, 1.807) is 0 Å². The van der Waals surface area contributed by atoms with Gasteiger partial charge in [0.15, 0.2) is 0 Å². The first-order chi connectivity index (χ1) is 8.74. The van der Waals surface area contributed by atoms with Crippen molar-refractivity contribution < 1.29 is 4.74 Å². The molecule has 18 heavy (non-hydrogen) atoms. The first kappa shape index (κ1) is 15.6. The molecule has 0 aliphatic rings. The molecule has 1 aromatic rings. The molecule has 0 aliphatic heterocycles. The van der Waals surface area contributed by atoms with Crippen molar-refractivity contribution in [2.45, 2.75) is 58.8 Å². The van der Waals surface area contributed by atoms with E-state index in [1.807, 2.05) is 6.07 Å². The Morgan fingerprint density at radius 1 is 1.00 bits per heavy atom. The van der Waals surface area contributed by atoms with Crippen LogP contribution in [-0.2, 0) is 0 Å². The summed E-state index contributed by atoms with van der Waals surface area (Å²) in [5.74, 6) is 0.988. The fourth-order valence-electron chi connectivity index (χ4n) is 1.96. The highest BCUT2D eigenvalue weighted by molar-refractivity contribution is 9.10. The lowest BCUT2D eigenvalue weighted by Gasteiger charge is -2.07. The maximum absolute atomic E-state index is 5.75. The van der Waals surface area contributed by atoms with Gasteiger partial charge in [0, 0.05) is 4.47 Å². The van der Waals surface area contributed by atoms with Crippen LogP contribution < -0.4 is 4.74 Å². The lowest BCUT2D eigenvalue weighted by molar-refractivity contribution is 0.304. The Labute approximate surface area is 120 Å². The van der Waals surface area contributed by atoms with Gasteiger partial charge in [-0.2, -0.15) is 0 Å². The summed E-state index contributed by atoms with van der Waals surface area (Å²) in [5.41, 5.74) is 1.23. The van der Waals surface area contributed by atoms with E-state index in [0.717, 1.165) is 16.8 Å². The van der Waals surface area contributed by atoms with Gasteiger partial charge >= 0.3 is 0 Å². The smallest absolute Gasteiger partial charge is 0.119 e. The molecule has 0 amide bonds. The van der Waals surface area contributed by atoms with Crippen LogP contribution in [0.4, 0.5) is 0 Å². The van der Waals surface area contributed by atoms with Crippen LogP contribution in [0, 0.1) is 6.92 Å². The molecule has 0 radical (unpaired) electrons. The third kappa shape index (κ3) is 6.44.